The predicted octanol–water partition coefficient (Wildman–Crippen LogP) is 5.96. The molecule has 144 valence electrons. The Morgan fingerprint density at radius 2 is 1.24 bits per heavy atom. The molecule has 5 heteroatoms. The van der Waals surface area contributed by atoms with Gasteiger partial charge in [0.05, 0.1) is 5.69 Å². The van der Waals surface area contributed by atoms with Crippen LogP contribution in [0.25, 0.3) is 11.3 Å². The lowest BCUT2D eigenvalue weighted by Gasteiger charge is -2.13. The molecule has 0 aliphatic carbocycles. The van der Waals surface area contributed by atoms with Gasteiger partial charge in [-0.3, -0.25) is 0 Å². The van der Waals surface area contributed by atoms with Gasteiger partial charge in [-0.25, -0.2) is 0 Å². The molecule has 0 spiro atoms. The Morgan fingerprint density at radius 3 is 1.86 bits per heavy atom. The van der Waals surface area contributed by atoms with E-state index in [9.17, 15) is 0 Å². The summed E-state index contributed by atoms with van der Waals surface area (Å²) in [5.74, 6) is 0.909. The van der Waals surface area contributed by atoms with Gasteiger partial charge in [-0.05, 0) is 23.3 Å². The highest BCUT2D eigenvalue weighted by Gasteiger charge is 2.12. The van der Waals surface area contributed by atoms with E-state index < -0.39 is 0 Å². The molecule has 4 nitrogen and oxygen atoms in total. The highest BCUT2D eigenvalue weighted by molar-refractivity contribution is 6.30. The topological polar surface area (TPSA) is 44.2 Å². The lowest BCUT2D eigenvalue weighted by Crippen LogP contribution is -2.04. The average Bonchev–Trinajstić information content (AvgIpc) is 2.78. The summed E-state index contributed by atoms with van der Waals surface area (Å²) in [6.07, 6.45) is 0. The van der Waals surface area contributed by atoms with Crippen molar-refractivity contribution in [2.24, 2.45) is 0 Å². The van der Waals surface area contributed by atoms with Crippen LogP contribution in [0.1, 0.15) is 11.1 Å². The number of nitrogens with zero attached hydrogens (tertiary/aromatic N) is 2. The van der Waals surface area contributed by atoms with Gasteiger partial charge in [0.2, 0.25) is 0 Å². The number of aromatic nitrogens is 2. The van der Waals surface area contributed by atoms with Crippen LogP contribution in [0.2, 0.25) is 5.02 Å². The van der Waals surface area contributed by atoms with Crippen molar-refractivity contribution in [2.45, 2.75) is 13.2 Å². The van der Waals surface area contributed by atoms with Gasteiger partial charge in [0.15, 0.2) is 5.75 Å². The summed E-state index contributed by atoms with van der Waals surface area (Å²) >= 11 is 5.99. The van der Waals surface area contributed by atoms with Crippen LogP contribution in [0, 0.1) is 0 Å². The molecular weight excluding hydrogens is 384 g/mol. The van der Waals surface area contributed by atoms with Crippen molar-refractivity contribution in [1.82, 2.24) is 10.2 Å². The van der Waals surface area contributed by atoms with Crippen molar-refractivity contribution in [3.05, 3.63) is 107 Å². The van der Waals surface area contributed by atoms with Crippen LogP contribution in [0.4, 0.5) is 0 Å². The third-order valence-electron chi connectivity index (χ3n) is 4.32. The fraction of sp³-hybridized carbons (Fsp3) is 0.0833. The smallest absolute Gasteiger partial charge is 0.276 e. The molecule has 1 aromatic heterocycles. The van der Waals surface area contributed by atoms with E-state index in [0.717, 1.165) is 16.7 Å². The predicted molar refractivity (Wildman–Crippen MR) is 114 cm³/mol. The van der Waals surface area contributed by atoms with Gasteiger partial charge in [0.1, 0.15) is 13.2 Å². The van der Waals surface area contributed by atoms with Gasteiger partial charge in [0, 0.05) is 16.7 Å². The van der Waals surface area contributed by atoms with Crippen LogP contribution in [0.5, 0.6) is 11.6 Å². The first-order valence-corrected chi connectivity index (χ1v) is 9.63. The molecule has 0 unspecified atom stereocenters. The lowest BCUT2D eigenvalue weighted by molar-refractivity contribution is 0.244. The van der Waals surface area contributed by atoms with Gasteiger partial charge in [-0.2, -0.15) is 0 Å². The fourth-order valence-electron chi connectivity index (χ4n) is 2.79. The standard InChI is InChI=1S/C24H19ClN2O2/c25-21-13-11-20(12-14-21)22-15-23(28-16-18-7-3-1-4-8-18)24(27-26-22)29-17-19-9-5-2-6-10-19/h1-15H,16-17H2. The Hall–Kier alpha value is -3.37. The summed E-state index contributed by atoms with van der Waals surface area (Å²) in [6, 6.07) is 29.2. The summed E-state index contributed by atoms with van der Waals surface area (Å²) < 4.78 is 11.9. The van der Waals surface area contributed by atoms with Crippen molar-refractivity contribution in [3.8, 4) is 22.9 Å². The van der Waals surface area contributed by atoms with E-state index in [-0.39, 0.29) is 0 Å². The van der Waals surface area contributed by atoms with E-state index in [1.165, 1.54) is 0 Å². The maximum absolute atomic E-state index is 6.04. The van der Waals surface area contributed by atoms with Crippen LogP contribution in [-0.2, 0) is 13.2 Å². The summed E-state index contributed by atoms with van der Waals surface area (Å²) in [4.78, 5) is 0. The molecule has 0 radical (unpaired) electrons. The molecule has 0 saturated carbocycles. The van der Waals surface area contributed by atoms with Crippen molar-refractivity contribution < 1.29 is 9.47 Å². The lowest BCUT2D eigenvalue weighted by atomic mass is 10.1. The van der Waals surface area contributed by atoms with Crippen molar-refractivity contribution >= 4 is 11.6 Å². The number of ether oxygens (including phenoxy) is 2. The Kier molecular flexibility index (Phi) is 6.03. The molecule has 0 atom stereocenters. The first kappa shape index (κ1) is 19.0. The second-order valence-corrected chi connectivity index (χ2v) is 6.89. The van der Waals surface area contributed by atoms with E-state index in [4.69, 9.17) is 21.1 Å². The second-order valence-electron chi connectivity index (χ2n) is 6.45. The van der Waals surface area contributed by atoms with Gasteiger partial charge < -0.3 is 9.47 Å². The molecule has 0 aliphatic heterocycles. The zero-order valence-corrected chi connectivity index (χ0v) is 16.4. The zero-order chi connectivity index (χ0) is 19.9. The minimum atomic E-state index is 0.363. The summed E-state index contributed by atoms with van der Waals surface area (Å²) in [7, 11) is 0. The Morgan fingerprint density at radius 1 is 0.655 bits per heavy atom. The van der Waals surface area contributed by atoms with E-state index in [0.29, 0.717) is 35.6 Å². The summed E-state index contributed by atoms with van der Waals surface area (Å²) in [6.45, 7) is 0.797. The fourth-order valence-corrected chi connectivity index (χ4v) is 2.92. The van der Waals surface area contributed by atoms with Crippen LogP contribution in [0.15, 0.2) is 91.0 Å². The second kappa shape index (κ2) is 9.22. The van der Waals surface area contributed by atoms with Crippen LogP contribution in [-0.4, -0.2) is 10.2 Å². The maximum Gasteiger partial charge on any atom is 0.276 e. The zero-order valence-electron chi connectivity index (χ0n) is 15.7. The van der Waals surface area contributed by atoms with Gasteiger partial charge in [-0.15, -0.1) is 10.2 Å². The monoisotopic (exact) mass is 402 g/mol. The van der Waals surface area contributed by atoms with E-state index in [1.54, 1.807) is 0 Å². The third kappa shape index (κ3) is 5.12. The molecular formula is C24H19ClN2O2. The van der Waals surface area contributed by atoms with Crippen molar-refractivity contribution in [1.29, 1.82) is 0 Å². The molecule has 0 fully saturated rings. The largest absolute Gasteiger partial charge is 0.483 e. The Bertz CT molecular complexity index is 1060. The highest BCUT2D eigenvalue weighted by atomic mass is 35.5. The molecule has 0 aliphatic rings. The van der Waals surface area contributed by atoms with Gasteiger partial charge in [-0.1, -0.05) is 84.4 Å². The van der Waals surface area contributed by atoms with E-state index >= 15 is 0 Å². The molecule has 4 rings (SSSR count). The first-order chi connectivity index (χ1) is 14.3. The molecule has 0 bridgehead atoms. The minimum absolute atomic E-state index is 0.363. The van der Waals surface area contributed by atoms with Crippen LogP contribution < -0.4 is 9.47 Å². The third-order valence-corrected chi connectivity index (χ3v) is 4.57. The average molecular weight is 403 g/mol. The van der Waals surface area contributed by atoms with Crippen molar-refractivity contribution in [3.63, 3.8) is 0 Å². The van der Waals surface area contributed by atoms with Gasteiger partial charge in [0.25, 0.3) is 5.88 Å². The molecule has 29 heavy (non-hydrogen) atoms. The molecule has 0 N–H and O–H groups in total. The van der Waals surface area contributed by atoms with Crippen LogP contribution in [0.3, 0.4) is 0 Å². The van der Waals surface area contributed by atoms with E-state index in [1.807, 2.05) is 91.0 Å². The Labute approximate surface area is 174 Å². The maximum atomic E-state index is 6.04. The molecule has 3 aromatic carbocycles. The van der Waals surface area contributed by atoms with Crippen molar-refractivity contribution in [2.75, 3.05) is 0 Å². The SMILES string of the molecule is Clc1ccc(-c2cc(OCc3ccccc3)c(OCc3ccccc3)nn2)cc1. The molecule has 4 aromatic rings. The quantitative estimate of drug-likeness (QED) is 0.383. The van der Waals surface area contributed by atoms with Gasteiger partial charge >= 0.3 is 0 Å². The number of rotatable bonds is 7. The number of benzene rings is 3. The minimum Gasteiger partial charge on any atom is -0.483 e. The first-order valence-electron chi connectivity index (χ1n) is 9.25. The van der Waals surface area contributed by atoms with Crippen LogP contribution >= 0.6 is 11.6 Å². The summed E-state index contributed by atoms with van der Waals surface area (Å²) in [5, 5.41) is 9.25. The number of hydrogen-bond donors (Lipinski definition) is 0. The summed E-state index contributed by atoms with van der Waals surface area (Å²) in [5.41, 5.74) is 3.70. The van der Waals surface area contributed by atoms with E-state index in [2.05, 4.69) is 10.2 Å². The number of halogens is 1. The molecule has 0 saturated heterocycles. The molecule has 1 heterocycles. The highest BCUT2D eigenvalue weighted by Crippen LogP contribution is 2.30. The Balaban J connectivity index is 1.59. The normalized spacial score (nSPS) is 10.5. The number of hydrogen-bond acceptors (Lipinski definition) is 4. The molecule has 0 amide bonds.